The maximum absolute atomic E-state index is 13.4. The first kappa shape index (κ1) is 20.6. The lowest BCUT2D eigenvalue weighted by molar-refractivity contribution is -0.160. The first-order chi connectivity index (χ1) is 12.8. The third-order valence-electron chi connectivity index (χ3n) is 4.76. The van der Waals surface area contributed by atoms with E-state index in [4.69, 9.17) is 4.74 Å². The summed E-state index contributed by atoms with van der Waals surface area (Å²) in [6.07, 6.45) is 0.181. The lowest BCUT2D eigenvalue weighted by Crippen LogP contribution is -2.33. The van der Waals surface area contributed by atoms with Gasteiger partial charge in [-0.2, -0.15) is 0 Å². The van der Waals surface area contributed by atoms with Crippen LogP contribution >= 0.6 is 31.9 Å². The minimum absolute atomic E-state index is 0.0647. The standard InChI is InChI=1S/C20H22Br2FNO3/c1-11(2)19-17(21)18(22)20(12-3-5-13(23)6-4-12)24(19)8-7-15-9-14(25)10-16(26)27-15/h3-6,11,14-15,25H,7-10H2,1-2H3/t14-,15-/m0/s1. The molecule has 27 heavy (non-hydrogen) atoms. The summed E-state index contributed by atoms with van der Waals surface area (Å²) in [5, 5.41) is 9.84. The van der Waals surface area contributed by atoms with Gasteiger partial charge in [-0.1, -0.05) is 13.8 Å². The molecule has 1 fully saturated rings. The van der Waals surface area contributed by atoms with E-state index in [1.54, 1.807) is 12.1 Å². The van der Waals surface area contributed by atoms with Crippen molar-refractivity contribution in [1.82, 2.24) is 4.57 Å². The second kappa shape index (κ2) is 8.45. The van der Waals surface area contributed by atoms with Crippen LogP contribution in [0.25, 0.3) is 11.3 Å². The SMILES string of the molecule is CC(C)c1c(Br)c(Br)c(-c2ccc(F)cc2)n1CC[C@H]1C[C@H](O)CC(=O)O1. The molecule has 4 nitrogen and oxygen atoms in total. The summed E-state index contributed by atoms with van der Waals surface area (Å²) in [6, 6.07) is 6.41. The Bertz CT molecular complexity index is 833. The van der Waals surface area contributed by atoms with Crippen LogP contribution in [-0.2, 0) is 16.1 Å². The second-order valence-electron chi connectivity index (χ2n) is 7.17. The Morgan fingerprint density at radius 1 is 1.26 bits per heavy atom. The van der Waals surface area contributed by atoms with Gasteiger partial charge in [-0.25, -0.2) is 4.39 Å². The number of hydrogen-bond donors (Lipinski definition) is 1. The molecule has 146 valence electrons. The first-order valence-corrected chi connectivity index (χ1v) is 10.6. The van der Waals surface area contributed by atoms with Gasteiger partial charge in [0.2, 0.25) is 0 Å². The number of rotatable bonds is 5. The monoisotopic (exact) mass is 501 g/mol. The maximum Gasteiger partial charge on any atom is 0.308 e. The molecule has 0 amide bonds. The van der Waals surface area contributed by atoms with Gasteiger partial charge in [-0.15, -0.1) is 0 Å². The van der Waals surface area contributed by atoms with Crippen molar-refractivity contribution in [1.29, 1.82) is 0 Å². The molecule has 2 aromatic rings. The van der Waals surface area contributed by atoms with Crippen molar-refractivity contribution in [3.8, 4) is 11.3 Å². The molecule has 1 aromatic carbocycles. The van der Waals surface area contributed by atoms with Crippen LogP contribution in [0.4, 0.5) is 4.39 Å². The third-order valence-corrected chi connectivity index (χ3v) is 6.87. The number of aliphatic hydroxyl groups excluding tert-OH is 1. The molecule has 3 rings (SSSR count). The zero-order chi connectivity index (χ0) is 19.7. The summed E-state index contributed by atoms with van der Waals surface area (Å²) in [5.41, 5.74) is 2.97. The van der Waals surface area contributed by atoms with Crippen molar-refractivity contribution < 1.29 is 19.0 Å². The van der Waals surface area contributed by atoms with Crippen LogP contribution in [0, 0.1) is 5.82 Å². The van der Waals surface area contributed by atoms with E-state index >= 15 is 0 Å². The van der Waals surface area contributed by atoms with Crippen LogP contribution in [0.2, 0.25) is 0 Å². The van der Waals surface area contributed by atoms with E-state index < -0.39 is 6.10 Å². The number of hydrogen-bond acceptors (Lipinski definition) is 3. The van der Waals surface area contributed by atoms with Crippen LogP contribution in [0.1, 0.15) is 44.7 Å². The molecule has 0 radical (unpaired) electrons. The quantitative estimate of drug-likeness (QED) is 0.557. The zero-order valence-electron chi connectivity index (χ0n) is 15.2. The molecule has 1 N–H and O–H groups in total. The van der Waals surface area contributed by atoms with Crippen LogP contribution in [0.3, 0.4) is 0 Å². The molecule has 1 aromatic heterocycles. The second-order valence-corrected chi connectivity index (χ2v) is 8.76. The van der Waals surface area contributed by atoms with Gasteiger partial charge in [0.05, 0.1) is 27.2 Å². The number of cyclic esters (lactones) is 1. The van der Waals surface area contributed by atoms with E-state index in [2.05, 4.69) is 50.3 Å². The van der Waals surface area contributed by atoms with E-state index in [0.717, 1.165) is 25.9 Å². The number of nitrogens with zero attached hydrogens (tertiary/aromatic N) is 1. The van der Waals surface area contributed by atoms with Crippen LogP contribution in [0.5, 0.6) is 0 Å². The molecule has 2 heterocycles. The van der Waals surface area contributed by atoms with Crippen molar-refractivity contribution in [2.24, 2.45) is 0 Å². The van der Waals surface area contributed by atoms with Gasteiger partial charge in [-0.3, -0.25) is 4.79 Å². The lowest BCUT2D eigenvalue weighted by Gasteiger charge is -2.27. The Kier molecular flexibility index (Phi) is 6.43. The highest BCUT2D eigenvalue weighted by Gasteiger charge is 2.28. The molecule has 0 unspecified atom stereocenters. The first-order valence-electron chi connectivity index (χ1n) is 8.98. The van der Waals surface area contributed by atoms with Crippen molar-refractivity contribution in [2.75, 3.05) is 0 Å². The van der Waals surface area contributed by atoms with Crippen LogP contribution in [0.15, 0.2) is 33.2 Å². The smallest absolute Gasteiger partial charge is 0.308 e. The molecule has 1 aliphatic rings. The normalized spacial score (nSPS) is 20.2. The van der Waals surface area contributed by atoms with Crippen molar-refractivity contribution in [3.05, 3.63) is 44.7 Å². The van der Waals surface area contributed by atoms with Gasteiger partial charge in [0, 0.05) is 25.1 Å². The van der Waals surface area contributed by atoms with E-state index in [0.29, 0.717) is 19.4 Å². The molecule has 0 spiro atoms. The minimum Gasteiger partial charge on any atom is -0.462 e. The Morgan fingerprint density at radius 2 is 1.93 bits per heavy atom. The number of benzene rings is 1. The van der Waals surface area contributed by atoms with E-state index in [1.807, 2.05) is 0 Å². The number of halogens is 3. The minimum atomic E-state index is -0.638. The average Bonchev–Trinajstić information content (AvgIpc) is 2.84. The molecule has 0 aliphatic carbocycles. The Hall–Kier alpha value is -1.18. The lowest BCUT2D eigenvalue weighted by atomic mass is 10.0. The van der Waals surface area contributed by atoms with Crippen LogP contribution in [-0.4, -0.2) is 27.9 Å². The molecule has 0 saturated carbocycles. The highest BCUT2D eigenvalue weighted by molar-refractivity contribution is 9.13. The van der Waals surface area contributed by atoms with Gasteiger partial charge in [0.1, 0.15) is 11.9 Å². The molecule has 7 heteroatoms. The fourth-order valence-electron chi connectivity index (χ4n) is 3.57. The number of carbonyl (C=O) groups is 1. The van der Waals surface area contributed by atoms with Gasteiger partial charge in [-0.05, 0) is 67.6 Å². The zero-order valence-corrected chi connectivity index (χ0v) is 18.4. The fourth-order valence-corrected chi connectivity index (χ4v) is 5.08. The number of esters is 1. The predicted octanol–water partition coefficient (Wildman–Crippen LogP) is 5.40. The fraction of sp³-hybridized carbons (Fsp3) is 0.450. The molecule has 2 atom stereocenters. The van der Waals surface area contributed by atoms with E-state index in [9.17, 15) is 14.3 Å². The van der Waals surface area contributed by atoms with Gasteiger partial charge in [0.15, 0.2) is 0 Å². The largest absolute Gasteiger partial charge is 0.462 e. The number of aliphatic hydroxyl groups is 1. The highest BCUT2D eigenvalue weighted by atomic mass is 79.9. The Morgan fingerprint density at radius 3 is 2.52 bits per heavy atom. The van der Waals surface area contributed by atoms with Crippen LogP contribution < -0.4 is 0 Å². The number of ether oxygens (including phenoxy) is 1. The topological polar surface area (TPSA) is 51.5 Å². The molecule has 1 saturated heterocycles. The van der Waals surface area contributed by atoms with Gasteiger partial charge >= 0.3 is 5.97 Å². The average molecular weight is 503 g/mol. The summed E-state index contributed by atoms with van der Waals surface area (Å²) < 4.78 is 22.8. The predicted molar refractivity (Wildman–Crippen MR) is 109 cm³/mol. The highest BCUT2D eigenvalue weighted by Crippen LogP contribution is 2.42. The van der Waals surface area contributed by atoms with Crippen molar-refractivity contribution in [3.63, 3.8) is 0 Å². The number of aromatic nitrogens is 1. The van der Waals surface area contributed by atoms with Crippen molar-refractivity contribution >= 4 is 37.8 Å². The van der Waals surface area contributed by atoms with Gasteiger partial charge < -0.3 is 14.4 Å². The summed E-state index contributed by atoms with van der Waals surface area (Å²) in [7, 11) is 0. The maximum atomic E-state index is 13.4. The Balaban J connectivity index is 1.95. The summed E-state index contributed by atoms with van der Waals surface area (Å²) >= 11 is 7.36. The van der Waals surface area contributed by atoms with E-state index in [1.165, 1.54) is 12.1 Å². The van der Waals surface area contributed by atoms with Gasteiger partial charge in [0.25, 0.3) is 0 Å². The summed E-state index contributed by atoms with van der Waals surface area (Å²) in [4.78, 5) is 11.6. The third kappa shape index (κ3) is 4.46. The molecule has 0 bridgehead atoms. The molecular weight excluding hydrogens is 481 g/mol. The van der Waals surface area contributed by atoms with Crippen molar-refractivity contribution in [2.45, 2.75) is 57.8 Å². The molecule has 1 aliphatic heterocycles. The van der Waals surface area contributed by atoms with E-state index in [-0.39, 0.29) is 30.2 Å². The summed E-state index contributed by atoms with van der Waals surface area (Å²) in [5.74, 6) is -0.375. The Labute approximate surface area is 175 Å². The molecular formula is C20H22Br2FNO3. The number of carbonyl (C=O) groups excluding carboxylic acids is 1. The summed E-state index contributed by atoms with van der Waals surface area (Å²) in [6.45, 7) is 4.85.